The number of nitrogens with one attached hydrogen (secondary N) is 4. The Kier molecular flexibility index (Phi) is 14.2. The van der Waals surface area contributed by atoms with E-state index in [4.69, 9.17) is 5.73 Å². The summed E-state index contributed by atoms with van der Waals surface area (Å²) in [4.78, 5) is 64.8. The molecule has 2 aromatic carbocycles. The van der Waals surface area contributed by atoms with E-state index in [1.54, 1.807) is 38.1 Å². The molecule has 8 N–H and O–H groups in total. The molecule has 0 radical (unpaired) electrons. The highest BCUT2D eigenvalue weighted by atomic mass is 127. The van der Waals surface area contributed by atoms with Crippen LogP contribution in [0.25, 0.3) is 0 Å². The zero-order chi connectivity index (χ0) is 35.0. The van der Waals surface area contributed by atoms with Crippen molar-refractivity contribution in [3.05, 3.63) is 63.2 Å². The van der Waals surface area contributed by atoms with Gasteiger partial charge in [-0.1, -0.05) is 24.3 Å². The number of hydrogen-bond acceptors (Lipinski definition) is 9. The molecule has 5 atom stereocenters. The number of carboxylic acid groups (broad SMARTS) is 1. The monoisotopic (exact) mass is 787 g/mol. The highest BCUT2D eigenvalue weighted by Crippen LogP contribution is 2.20. The minimum absolute atomic E-state index is 0.0375. The standard InChI is InChI=1S/C31H42IN5O7S2/c1-16(34-28(42)23(30(2,3)45)36-26(40)21(33)14-17-8-12-20(38)13-9-17)25(39)35-22(15-18-6-10-19(32)11-7-18)27(41)37-24(29(43)44)31(4,5)46/h6-13,16,21-24,38,45-46H,14-15,33H2,1-5H3,(H,34,42)(H,35,39)(H,36,40)(H,37,41)(H,43,44)/t16-,21-,22-,23-,24-/m0/s1. The lowest BCUT2D eigenvalue weighted by atomic mass is 9.99. The minimum atomic E-state index is -1.36. The van der Waals surface area contributed by atoms with Crippen molar-refractivity contribution >= 4 is 77.4 Å². The number of nitrogens with two attached hydrogens (primary N) is 1. The van der Waals surface area contributed by atoms with Gasteiger partial charge in [-0.25, -0.2) is 4.79 Å². The molecule has 252 valence electrons. The molecule has 2 aromatic rings. The lowest BCUT2D eigenvalue weighted by molar-refractivity contribution is -0.143. The molecule has 2 rings (SSSR count). The summed E-state index contributed by atoms with van der Waals surface area (Å²) in [6, 6.07) is 7.47. The van der Waals surface area contributed by atoms with Gasteiger partial charge >= 0.3 is 5.97 Å². The van der Waals surface area contributed by atoms with Crippen LogP contribution in [0.15, 0.2) is 48.5 Å². The van der Waals surface area contributed by atoms with E-state index in [-0.39, 0.29) is 18.6 Å². The van der Waals surface area contributed by atoms with Gasteiger partial charge < -0.3 is 37.2 Å². The van der Waals surface area contributed by atoms with Crippen LogP contribution in [-0.4, -0.2) is 79.5 Å². The van der Waals surface area contributed by atoms with Gasteiger partial charge in [0.05, 0.1) is 6.04 Å². The lowest BCUT2D eigenvalue weighted by Gasteiger charge is -2.32. The quantitative estimate of drug-likeness (QED) is 0.0958. The topological polar surface area (TPSA) is 200 Å². The number of amides is 4. The Hall–Kier alpha value is -3.02. The molecule has 0 fully saturated rings. The number of phenols is 1. The van der Waals surface area contributed by atoms with Gasteiger partial charge in [0.1, 0.15) is 29.9 Å². The summed E-state index contributed by atoms with van der Waals surface area (Å²) >= 11 is 10.9. The molecule has 0 aromatic heterocycles. The molecule has 0 aliphatic carbocycles. The molecular weight excluding hydrogens is 745 g/mol. The number of aliphatic carboxylic acids is 1. The summed E-state index contributed by atoms with van der Waals surface area (Å²) in [5.74, 6) is -4.03. The van der Waals surface area contributed by atoms with Crippen molar-refractivity contribution in [3.63, 3.8) is 0 Å². The summed E-state index contributed by atoms with van der Waals surface area (Å²) in [6.45, 7) is 7.71. The molecule has 0 aliphatic heterocycles. The first-order valence-corrected chi connectivity index (χ1v) is 16.3. The van der Waals surface area contributed by atoms with Crippen molar-refractivity contribution in [3.8, 4) is 5.75 Å². The second-order valence-corrected chi connectivity index (χ2v) is 15.7. The van der Waals surface area contributed by atoms with Crippen molar-refractivity contribution in [1.29, 1.82) is 0 Å². The Balaban J connectivity index is 2.18. The normalized spacial score (nSPS) is 15.0. The third-order valence-electron chi connectivity index (χ3n) is 6.96. The number of rotatable bonds is 15. The van der Waals surface area contributed by atoms with Crippen molar-refractivity contribution < 1.29 is 34.2 Å². The second kappa shape index (κ2) is 16.7. The third kappa shape index (κ3) is 12.3. The number of halogens is 1. The van der Waals surface area contributed by atoms with Crippen LogP contribution in [0.5, 0.6) is 5.75 Å². The zero-order valence-electron chi connectivity index (χ0n) is 26.2. The Morgan fingerprint density at radius 3 is 1.72 bits per heavy atom. The molecule has 0 saturated heterocycles. The van der Waals surface area contributed by atoms with E-state index in [1.165, 1.54) is 32.9 Å². The fraction of sp³-hybridized carbons (Fsp3) is 0.452. The van der Waals surface area contributed by atoms with Crippen LogP contribution in [0.1, 0.15) is 45.7 Å². The molecule has 0 spiro atoms. The largest absolute Gasteiger partial charge is 0.508 e. The van der Waals surface area contributed by atoms with Gasteiger partial charge in [0, 0.05) is 19.5 Å². The van der Waals surface area contributed by atoms with Crippen LogP contribution in [0.3, 0.4) is 0 Å². The van der Waals surface area contributed by atoms with Crippen molar-refractivity contribution in [2.24, 2.45) is 5.73 Å². The maximum atomic E-state index is 13.4. The van der Waals surface area contributed by atoms with Crippen LogP contribution in [0, 0.1) is 3.57 Å². The number of thiol groups is 2. The molecule has 0 heterocycles. The van der Waals surface area contributed by atoms with E-state index in [9.17, 15) is 34.2 Å². The molecule has 46 heavy (non-hydrogen) atoms. The average Bonchev–Trinajstić information content (AvgIpc) is 2.94. The molecule has 0 unspecified atom stereocenters. The molecule has 0 bridgehead atoms. The number of hydrogen-bond donors (Lipinski definition) is 9. The van der Waals surface area contributed by atoms with Crippen molar-refractivity contribution in [2.45, 2.75) is 87.2 Å². The molecule has 15 heteroatoms. The smallest absolute Gasteiger partial charge is 0.327 e. The first-order chi connectivity index (χ1) is 21.2. The second-order valence-electron chi connectivity index (χ2n) is 12.1. The number of carbonyl (C=O) groups excluding carboxylic acids is 4. The fourth-order valence-electron chi connectivity index (χ4n) is 4.30. The maximum absolute atomic E-state index is 13.4. The SMILES string of the molecule is C[C@H](NC(=O)[C@H](NC(=O)[C@@H](N)Cc1ccc(O)cc1)C(C)(C)S)C(=O)N[C@@H](Cc1ccc(I)cc1)C(=O)N[C@@H](C(=O)O)C(C)(C)S. The summed E-state index contributed by atoms with van der Waals surface area (Å²) < 4.78 is -1.24. The van der Waals surface area contributed by atoms with Gasteiger partial charge in [-0.15, -0.1) is 0 Å². The molecular formula is C31H42IN5O7S2. The summed E-state index contributed by atoms with van der Waals surface area (Å²) in [7, 11) is 0. The number of aromatic hydroxyl groups is 1. The minimum Gasteiger partial charge on any atom is -0.508 e. The van der Waals surface area contributed by atoms with Crippen LogP contribution < -0.4 is 27.0 Å². The molecule has 12 nitrogen and oxygen atoms in total. The number of carbonyl (C=O) groups is 5. The van der Waals surface area contributed by atoms with Gasteiger partial charge in [-0.2, -0.15) is 25.3 Å². The average molecular weight is 788 g/mol. The number of carboxylic acids is 1. The van der Waals surface area contributed by atoms with E-state index in [2.05, 4.69) is 69.1 Å². The van der Waals surface area contributed by atoms with Crippen LogP contribution in [0.2, 0.25) is 0 Å². The van der Waals surface area contributed by atoms with E-state index in [0.717, 1.165) is 3.57 Å². The molecule has 4 amide bonds. The fourth-order valence-corrected chi connectivity index (χ4v) is 5.02. The summed E-state index contributed by atoms with van der Waals surface area (Å²) in [5, 5.41) is 29.4. The first-order valence-electron chi connectivity index (χ1n) is 14.4. The highest BCUT2D eigenvalue weighted by Gasteiger charge is 2.38. The van der Waals surface area contributed by atoms with Gasteiger partial charge in [0.2, 0.25) is 23.6 Å². The Bertz CT molecular complexity index is 1400. The van der Waals surface area contributed by atoms with Crippen LogP contribution in [0.4, 0.5) is 0 Å². The van der Waals surface area contributed by atoms with Gasteiger partial charge in [-0.05, 0) is 99.0 Å². The third-order valence-corrected chi connectivity index (χ3v) is 8.20. The Labute approximate surface area is 293 Å². The van der Waals surface area contributed by atoms with Gasteiger partial charge in [-0.3, -0.25) is 19.2 Å². The summed E-state index contributed by atoms with van der Waals surface area (Å²) in [5.41, 5.74) is 7.50. The van der Waals surface area contributed by atoms with Gasteiger partial charge in [0.15, 0.2) is 0 Å². The van der Waals surface area contributed by atoms with Crippen LogP contribution in [-0.2, 0) is 36.8 Å². The van der Waals surface area contributed by atoms with E-state index in [1.807, 2.05) is 12.1 Å². The Morgan fingerprint density at radius 2 is 1.22 bits per heavy atom. The van der Waals surface area contributed by atoms with E-state index >= 15 is 0 Å². The highest BCUT2D eigenvalue weighted by molar-refractivity contribution is 14.1. The lowest BCUT2D eigenvalue weighted by Crippen LogP contribution is -2.62. The predicted molar refractivity (Wildman–Crippen MR) is 190 cm³/mol. The van der Waals surface area contributed by atoms with E-state index < -0.39 is 69.3 Å². The number of phenolic OH excluding ortho intramolecular Hbond substituents is 1. The molecule has 0 saturated carbocycles. The van der Waals surface area contributed by atoms with Crippen LogP contribution >= 0.6 is 47.8 Å². The van der Waals surface area contributed by atoms with Gasteiger partial charge in [0.25, 0.3) is 0 Å². The molecule has 0 aliphatic rings. The maximum Gasteiger partial charge on any atom is 0.327 e. The zero-order valence-corrected chi connectivity index (χ0v) is 30.2. The van der Waals surface area contributed by atoms with Crippen molar-refractivity contribution in [1.82, 2.24) is 21.3 Å². The van der Waals surface area contributed by atoms with E-state index in [0.29, 0.717) is 11.1 Å². The predicted octanol–water partition coefficient (Wildman–Crippen LogP) is 1.57. The van der Waals surface area contributed by atoms with Crippen molar-refractivity contribution in [2.75, 3.05) is 0 Å². The Morgan fingerprint density at radius 1 is 0.739 bits per heavy atom. The number of benzene rings is 2. The first kappa shape index (κ1) is 39.2. The summed E-state index contributed by atoms with van der Waals surface area (Å²) in [6.07, 6.45) is 0.180.